The van der Waals surface area contributed by atoms with Crippen LogP contribution in [0.1, 0.15) is 17.5 Å². The van der Waals surface area contributed by atoms with Gasteiger partial charge in [0.25, 0.3) is 11.4 Å². The van der Waals surface area contributed by atoms with Crippen LogP contribution in [0.3, 0.4) is 0 Å². The molecule has 0 atom stereocenters. The Kier molecular flexibility index (Phi) is 4.42. The molecule has 0 aromatic heterocycles. The molecular formula is C15H3Cl3N4. The summed E-state index contributed by atoms with van der Waals surface area (Å²) < 4.78 is 0. The van der Waals surface area contributed by atoms with Crippen LogP contribution in [-0.2, 0) is 0 Å². The van der Waals surface area contributed by atoms with Crippen molar-refractivity contribution >= 4 is 45.9 Å². The number of benzene rings is 1. The van der Waals surface area contributed by atoms with E-state index >= 15 is 0 Å². The highest BCUT2D eigenvalue weighted by molar-refractivity contribution is 6.49. The number of fused-ring (bicyclic) bond motifs is 1. The quantitative estimate of drug-likeness (QED) is 0.361. The van der Waals surface area contributed by atoms with Gasteiger partial charge in [-0.2, -0.15) is 0 Å². The normalized spacial score (nSPS) is 16.7. The second kappa shape index (κ2) is 6.11. The van der Waals surface area contributed by atoms with Gasteiger partial charge in [-0.1, -0.05) is 34.8 Å². The van der Waals surface area contributed by atoms with Gasteiger partial charge in [0.1, 0.15) is 0 Å². The summed E-state index contributed by atoms with van der Waals surface area (Å²) in [6.07, 6.45) is 0.0856. The fraction of sp³-hybridized carbons (Fsp3) is 0.0667. The van der Waals surface area contributed by atoms with Crippen LogP contribution >= 0.6 is 34.8 Å². The summed E-state index contributed by atoms with van der Waals surface area (Å²) in [7, 11) is 0. The standard InChI is InChI=1S/C15H3Cl3N4/c1-21-11(5-19)7-3-9(12(6-20)22-2)13-8(7)4-10(16)14(17)15(13)18/h4H,3H2/b11-7-,12-9-. The van der Waals surface area contributed by atoms with E-state index in [0.29, 0.717) is 22.3 Å². The lowest BCUT2D eigenvalue weighted by molar-refractivity contribution is 1.42. The number of nitrogens with zero attached hydrogens (tertiary/aromatic N) is 4. The minimum atomic E-state index is -0.154. The Morgan fingerprint density at radius 1 is 1.00 bits per heavy atom. The van der Waals surface area contributed by atoms with E-state index in [-0.39, 0.29) is 32.9 Å². The molecule has 4 nitrogen and oxygen atoms in total. The summed E-state index contributed by atoms with van der Waals surface area (Å²) in [6, 6.07) is 5.10. The molecule has 0 amide bonds. The molecule has 1 aliphatic carbocycles. The molecule has 0 N–H and O–H groups in total. The fourth-order valence-electron chi connectivity index (χ4n) is 2.22. The minimum absolute atomic E-state index is 0.0856. The molecule has 104 valence electrons. The third-order valence-corrected chi connectivity index (χ3v) is 4.41. The lowest BCUT2D eigenvalue weighted by atomic mass is 10.0. The zero-order valence-electron chi connectivity index (χ0n) is 10.7. The van der Waals surface area contributed by atoms with Crippen LogP contribution < -0.4 is 0 Å². The topological polar surface area (TPSA) is 56.3 Å². The van der Waals surface area contributed by atoms with Crippen LogP contribution in [0.2, 0.25) is 15.1 Å². The number of hydrogen-bond donors (Lipinski definition) is 0. The highest BCUT2D eigenvalue weighted by atomic mass is 35.5. The monoisotopic (exact) mass is 344 g/mol. The van der Waals surface area contributed by atoms with Gasteiger partial charge in [0.2, 0.25) is 0 Å². The van der Waals surface area contributed by atoms with Crippen molar-refractivity contribution in [1.29, 1.82) is 10.5 Å². The van der Waals surface area contributed by atoms with Crippen LogP contribution in [0.25, 0.3) is 20.8 Å². The van der Waals surface area contributed by atoms with Gasteiger partial charge >= 0.3 is 0 Å². The SMILES string of the molecule is [C-]#[N+]/C(C#N)=C1/C/C(=C(\C#N)[N+]#[C-])c2c1cc(Cl)c(Cl)c2Cl. The fourth-order valence-corrected chi connectivity index (χ4v) is 2.94. The molecule has 0 fully saturated rings. The first-order chi connectivity index (χ1) is 10.5. The lowest BCUT2D eigenvalue weighted by Gasteiger charge is -2.08. The summed E-state index contributed by atoms with van der Waals surface area (Å²) in [4.78, 5) is 6.36. The van der Waals surface area contributed by atoms with Gasteiger partial charge < -0.3 is 0 Å². The number of halogens is 3. The van der Waals surface area contributed by atoms with Crippen molar-refractivity contribution in [2.45, 2.75) is 6.42 Å². The summed E-state index contributed by atoms with van der Waals surface area (Å²) in [6.45, 7) is 14.2. The molecule has 1 aromatic carbocycles. The maximum absolute atomic E-state index is 9.10. The van der Waals surface area contributed by atoms with Crippen LogP contribution in [0.5, 0.6) is 0 Å². The highest BCUT2D eigenvalue weighted by Gasteiger charge is 2.31. The number of allylic oxidation sites excluding steroid dienone is 4. The summed E-state index contributed by atoms with van der Waals surface area (Å²) in [5, 5.41) is 18.6. The van der Waals surface area contributed by atoms with Crippen molar-refractivity contribution in [3.8, 4) is 12.1 Å². The van der Waals surface area contributed by atoms with Gasteiger partial charge in [0.15, 0.2) is 0 Å². The van der Waals surface area contributed by atoms with E-state index in [2.05, 4.69) is 9.69 Å². The molecule has 7 heteroatoms. The Labute approximate surface area is 141 Å². The molecule has 0 aliphatic heterocycles. The van der Waals surface area contributed by atoms with E-state index in [9.17, 15) is 0 Å². The van der Waals surface area contributed by atoms with Crippen LogP contribution in [-0.4, -0.2) is 0 Å². The molecule has 0 unspecified atom stereocenters. The molecule has 1 aromatic rings. The lowest BCUT2D eigenvalue weighted by Crippen LogP contribution is -1.88. The first kappa shape index (κ1) is 15.9. The molecule has 1 aliphatic rings. The number of nitriles is 2. The van der Waals surface area contributed by atoms with Crippen molar-refractivity contribution < 1.29 is 0 Å². The molecule has 0 spiro atoms. The van der Waals surface area contributed by atoms with Crippen molar-refractivity contribution in [3.05, 3.63) is 66.5 Å². The predicted molar refractivity (Wildman–Crippen MR) is 84.4 cm³/mol. The molecule has 0 saturated carbocycles. The Hall–Kier alpha value is -2.47. The summed E-state index contributed by atoms with van der Waals surface area (Å²) in [5.41, 5.74) is 1.29. The van der Waals surface area contributed by atoms with E-state index in [1.54, 1.807) is 12.1 Å². The molecule has 0 radical (unpaired) electrons. The van der Waals surface area contributed by atoms with Gasteiger partial charge in [-0.25, -0.2) is 20.2 Å². The van der Waals surface area contributed by atoms with Crippen molar-refractivity contribution in [1.82, 2.24) is 0 Å². The Balaban J connectivity index is 3.01. The van der Waals surface area contributed by atoms with E-state index in [1.807, 2.05) is 0 Å². The van der Waals surface area contributed by atoms with Gasteiger partial charge in [-0.3, -0.25) is 0 Å². The third-order valence-electron chi connectivity index (χ3n) is 3.15. The molecule has 0 heterocycles. The van der Waals surface area contributed by atoms with Gasteiger partial charge in [-0.05, 0) is 34.8 Å². The average Bonchev–Trinajstić information content (AvgIpc) is 2.87. The maximum atomic E-state index is 9.10. The predicted octanol–water partition coefficient (Wildman–Crippen LogP) is 5.36. The first-order valence-corrected chi connectivity index (χ1v) is 6.83. The van der Waals surface area contributed by atoms with E-state index in [4.69, 9.17) is 58.5 Å². The van der Waals surface area contributed by atoms with E-state index in [1.165, 1.54) is 6.07 Å². The largest absolute Gasteiger partial charge is 0.266 e. The van der Waals surface area contributed by atoms with Crippen molar-refractivity contribution in [2.75, 3.05) is 0 Å². The minimum Gasteiger partial charge on any atom is -0.226 e. The number of rotatable bonds is 0. The molecule has 2 rings (SSSR count). The molecule has 22 heavy (non-hydrogen) atoms. The number of hydrogen-bond acceptors (Lipinski definition) is 2. The Morgan fingerprint density at radius 2 is 1.55 bits per heavy atom. The van der Waals surface area contributed by atoms with Gasteiger partial charge in [0, 0.05) is 0 Å². The van der Waals surface area contributed by atoms with Gasteiger partial charge in [-0.15, -0.1) is 0 Å². The van der Waals surface area contributed by atoms with E-state index < -0.39 is 0 Å². The zero-order valence-corrected chi connectivity index (χ0v) is 13.0. The highest BCUT2D eigenvalue weighted by Crippen LogP contribution is 2.50. The van der Waals surface area contributed by atoms with Crippen LogP contribution in [0.15, 0.2) is 17.5 Å². The average molecular weight is 346 g/mol. The van der Waals surface area contributed by atoms with Crippen molar-refractivity contribution in [2.24, 2.45) is 0 Å². The molecule has 0 saturated heterocycles. The molecule has 0 bridgehead atoms. The molecular weight excluding hydrogens is 343 g/mol. The van der Waals surface area contributed by atoms with Gasteiger partial charge in [0.05, 0.1) is 40.4 Å². The zero-order chi connectivity index (χ0) is 16.4. The van der Waals surface area contributed by atoms with Crippen LogP contribution in [0, 0.1) is 35.8 Å². The Morgan fingerprint density at radius 3 is 2.05 bits per heavy atom. The Bertz CT molecular complexity index is 896. The summed E-state index contributed by atoms with van der Waals surface area (Å²) >= 11 is 18.2. The second-order valence-electron chi connectivity index (χ2n) is 4.19. The first-order valence-electron chi connectivity index (χ1n) is 5.69. The third kappa shape index (κ3) is 2.31. The smallest absolute Gasteiger partial charge is 0.226 e. The van der Waals surface area contributed by atoms with E-state index in [0.717, 1.165) is 0 Å². The maximum Gasteiger partial charge on any atom is 0.266 e. The van der Waals surface area contributed by atoms with Crippen LogP contribution in [0.4, 0.5) is 0 Å². The second-order valence-corrected chi connectivity index (χ2v) is 5.35. The van der Waals surface area contributed by atoms with Crippen molar-refractivity contribution in [3.63, 3.8) is 0 Å². The summed E-state index contributed by atoms with van der Waals surface area (Å²) in [5.74, 6) is 0.